The molecule has 0 saturated carbocycles. The lowest BCUT2D eigenvalue weighted by Crippen LogP contribution is -2.14. The Morgan fingerprint density at radius 1 is 1.16 bits per heavy atom. The molecule has 0 saturated heterocycles. The van der Waals surface area contributed by atoms with Gasteiger partial charge in [0.2, 0.25) is 0 Å². The molecule has 2 aromatic carbocycles. The Bertz CT molecular complexity index is 896. The second-order valence-electron chi connectivity index (χ2n) is 5.12. The molecule has 0 fully saturated rings. The fourth-order valence-electron chi connectivity index (χ4n) is 2.25. The summed E-state index contributed by atoms with van der Waals surface area (Å²) in [6.07, 6.45) is 0.616. The van der Waals surface area contributed by atoms with Gasteiger partial charge < -0.3 is 9.47 Å². The van der Waals surface area contributed by atoms with Gasteiger partial charge in [-0.25, -0.2) is 13.2 Å². The standard InChI is InChI=1S/C17H18ClNO5S/c1-4-11-9-13(6-8-16(11)23-2)25(21,22)19-15-10-12(17(20)24-3)5-7-14(15)18/h5-10,19H,4H2,1-3H3. The molecule has 0 aliphatic rings. The van der Waals surface area contributed by atoms with E-state index in [4.69, 9.17) is 16.3 Å². The summed E-state index contributed by atoms with van der Waals surface area (Å²) in [5.74, 6) is 0.0296. The summed E-state index contributed by atoms with van der Waals surface area (Å²) < 4.78 is 37.5. The third-order valence-corrected chi connectivity index (χ3v) is 5.27. The van der Waals surface area contributed by atoms with Gasteiger partial charge in [-0.2, -0.15) is 0 Å². The smallest absolute Gasteiger partial charge is 0.337 e. The van der Waals surface area contributed by atoms with Crippen LogP contribution in [0.25, 0.3) is 0 Å². The van der Waals surface area contributed by atoms with Crippen molar-refractivity contribution in [3.05, 3.63) is 52.5 Å². The minimum absolute atomic E-state index is 0.0738. The van der Waals surface area contributed by atoms with Gasteiger partial charge >= 0.3 is 5.97 Å². The van der Waals surface area contributed by atoms with Gasteiger partial charge in [0, 0.05) is 0 Å². The molecule has 0 aromatic heterocycles. The number of carbonyl (C=O) groups is 1. The van der Waals surface area contributed by atoms with Crippen LogP contribution in [-0.4, -0.2) is 28.6 Å². The fraction of sp³-hybridized carbons (Fsp3) is 0.235. The molecule has 0 radical (unpaired) electrons. The number of aryl methyl sites for hydroxylation is 1. The Hall–Kier alpha value is -2.25. The maximum absolute atomic E-state index is 12.6. The van der Waals surface area contributed by atoms with Crippen molar-refractivity contribution in [3.63, 3.8) is 0 Å². The second-order valence-corrected chi connectivity index (χ2v) is 7.21. The third-order valence-electron chi connectivity index (χ3n) is 3.57. The summed E-state index contributed by atoms with van der Waals surface area (Å²) >= 11 is 6.04. The summed E-state index contributed by atoms with van der Waals surface area (Å²) in [5.41, 5.74) is 1.05. The van der Waals surface area contributed by atoms with Crippen LogP contribution in [-0.2, 0) is 21.2 Å². The first-order chi connectivity index (χ1) is 11.8. The van der Waals surface area contributed by atoms with Gasteiger partial charge in [0.1, 0.15) is 5.75 Å². The Labute approximate surface area is 151 Å². The van der Waals surface area contributed by atoms with E-state index in [9.17, 15) is 13.2 Å². The number of sulfonamides is 1. The molecule has 0 atom stereocenters. The average Bonchev–Trinajstić information content (AvgIpc) is 2.61. The molecule has 0 aliphatic carbocycles. The SMILES string of the molecule is CCc1cc(S(=O)(=O)Nc2cc(C(=O)OC)ccc2Cl)ccc1OC. The minimum atomic E-state index is -3.88. The van der Waals surface area contributed by atoms with Crippen molar-refractivity contribution >= 4 is 33.3 Å². The lowest BCUT2D eigenvalue weighted by Gasteiger charge is -2.13. The highest BCUT2D eigenvalue weighted by molar-refractivity contribution is 7.92. The van der Waals surface area contributed by atoms with E-state index in [0.29, 0.717) is 12.2 Å². The predicted octanol–water partition coefficient (Wildman–Crippen LogP) is 3.50. The number of benzene rings is 2. The molecule has 1 N–H and O–H groups in total. The van der Waals surface area contributed by atoms with Crippen LogP contribution in [0, 0.1) is 0 Å². The van der Waals surface area contributed by atoms with Gasteiger partial charge in [-0.05, 0) is 48.4 Å². The molecule has 0 amide bonds. The van der Waals surface area contributed by atoms with Gasteiger partial charge in [-0.3, -0.25) is 4.72 Å². The zero-order chi connectivity index (χ0) is 18.6. The summed E-state index contributed by atoms with van der Waals surface area (Å²) in [6, 6.07) is 8.79. The van der Waals surface area contributed by atoms with E-state index in [1.54, 1.807) is 12.1 Å². The molecular weight excluding hydrogens is 366 g/mol. The van der Waals surface area contributed by atoms with E-state index < -0.39 is 16.0 Å². The monoisotopic (exact) mass is 383 g/mol. The molecule has 2 rings (SSSR count). The minimum Gasteiger partial charge on any atom is -0.496 e. The third kappa shape index (κ3) is 4.24. The number of hydrogen-bond acceptors (Lipinski definition) is 5. The number of carbonyl (C=O) groups excluding carboxylic acids is 1. The lowest BCUT2D eigenvalue weighted by atomic mass is 10.1. The maximum atomic E-state index is 12.6. The topological polar surface area (TPSA) is 81.7 Å². The van der Waals surface area contributed by atoms with Crippen LogP contribution in [0.5, 0.6) is 5.75 Å². The molecule has 0 unspecified atom stereocenters. The fourth-order valence-corrected chi connectivity index (χ4v) is 3.59. The summed E-state index contributed by atoms with van der Waals surface area (Å²) in [4.78, 5) is 11.7. The van der Waals surface area contributed by atoms with Crippen LogP contribution in [0.2, 0.25) is 5.02 Å². The number of hydrogen-bond donors (Lipinski definition) is 1. The average molecular weight is 384 g/mol. The normalized spacial score (nSPS) is 11.0. The highest BCUT2D eigenvalue weighted by Crippen LogP contribution is 2.28. The molecule has 2 aromatic rings. The van der Waals surface area contributed by atoms with Crippen LogP contribution in [0.15, 0.2) is 41.3 Å². The Morgan fingerprint density at radius 2 is 1.88 bits per heavy atom. The summed E-state index contributed by atoms with van der Waals surface area (Å²) in [6.45, 7) is 1.90. The molecule has 0 bridgehead atoms. The van der Waals surface area contributed by atoms with Gasteiger partial charge in [0.15, 0.2) is 0 Å². The van der Waals surface area contributed by atoms with E-state index >= 15 is 0 Å². The largest absolute Gasteiger partial charge is 0.496 e. The van der Waals surface area contributed by atoms with Crippen LogP contribution in [0.4, 0.5) is 5.69 Å². The second kappa shape index (κ2) is 7.76. The predicted molar refractivity (Wildman–Crippen MR) is 96.0 cm³/mol. The van der Waals surface area contributed by atoms with Crippen LogP contribution >= 0.6 is 11.6 Å². The molecule has 0 spiro atoms. The number of nitrogens with one attached hydrogen (secondary N) is 1. The molecule has 0 heterocycles. The molecule has 0 aliphatic heterocycles. The van der Waals surface area contributed by atoms with Crippen LogP contribution < -0.4 is 9.46 Å². The molecular formula is C17H18ClNO5S. The Morgan fingerprint density at radius 3 is 2.48 bits per heavy atom. The van der Waals surface area contributed by atoms with E-state index in [1.807, 2.05) is 6.92 Å². The van der Waals surface area contributed by atoms with E-state index in [-0.39, 0.29) is 21.2 Å². The van der Waals surface area contributed by atoms with Gasteiger partial charge in [0.25, 0.3) is 10.0 Å². The molecule has 8 heteroatoms. The summed E-state index contributed by atoms with van der Waals surface area (Å²) in [5, 5.41) is 0.167. The van der Waals surface area contributed by atoms with Crippen molar-refractivity contribution in [3.8, 4) is 5.75 Å². The van der Waals surface area contributed by atoms with Crippen LogP contribution in [0.1, 0.15) is 22.8 Å². The Balaban J connectivity index is 2.41. The number of ether oxygens (including phenoxy) is 2. The number of anilines is 1. The molecule has 25 heavy (non-hydrogen) atoms. The highest BCUT2D eigenvalue weighted by Gasteiger charge is 2.19. The lowest BCUT2D eigenvalue weighted by molar-refractivity contribution is 0.0601. The first-order valence-corrected chi connectivity index (χ1v) is 9.26. The first kappa shape index (κ1) is 19.1. The van der Waals surface area contributed by atoms with Gasteiger partial charge in [0.05, 0.1) is 35.4 Å². The number of methoxy groups -OCH3 is 2. The van der Waals surface area contributed by atoms with E-state index in [1.165, 1.54) is 38.5 Å². The van der Waals surface area contributed by atoms with Crippen molar-refractivity contribution in [2.45, 2.75) is 18.2 Å². The number of rotatable bonds is 6. The number of halogens is 1. The Kier molecular flexibility index (Phi) is 5.92. The number of esters is 1. The van der Waals surface area contributed by atoms with Crippen molar-refractivity contribution in [1.82, 2.24) is 0 Å². The van der Waals surface area contributed by atoms with Crippen molar-refractivity contribution in [1.29, 1.82) is 0 Å². The quantitative estimate of drug-likeness (QED) is 0.772. The molecule has 6 nitrogen and oxygen atoms in total. The maximum Gasteiger partial charge on any atom is 0.337 e. The van der Waals surface area contributed by atoms with Crippen LogP contribution in [0.3, 0.4) is 0 Å². The zero-order valence-corrected chi connectivity index (χ0v) is 15.6. The highest BCUT2D eigenvalue weighted by atomic mass is 35.5. The van der Waals surface area contributed by atoms with Crippen molar-refractivity contribution in [2.24, 2.45) is 0 Å². The summed E-state index contributed by atoms with van der Waals surface area (Å²) in [7, 11) is -1.12. The van der Waals surface area contributed by atoms with E-state index in [0.717, 1.165) is 5.56 Å². The molecule has 134 valence electrons. The zero-order valence-electron chi connectivity index (χ0n) is 14.0. The van der Waals surface area contributed by atoms with E-state index in [2.05, 4.69) is 9.46 Å². The first-order valence-electron chi connectivity index (χ1n) is 7.40. The van der Waals surface area contributed by atoms with Crippen molar-refractivity contribution < 1.29 is 22.7 Å². The van der Waals surface area contributed by atoms with Gasteiger partial charge in [-0.1, -0.05) is 18.5 Å². The van der Waals surface area contributed by atoms with Gasteiger partial charge in [-0.15, -0.1) is 0 Å². The van der Waals surface area contributed by atoms with Crippen molar-refractivity contribution in [2.75, 3.05) is 18.9 Å².